The fraction of sp³-hybridized carbons (Fsp3) is 0.625. The average molecular weight is 259 g/mol. The summed E-state index contributed by atoms with van der Waals surface area (Å²) >= 11 is 0. The number of nitrogens with zero attached hydrogens (tertiary/aromatic N) is 2. The molecule has 19 heavy (non-hydrogen) atoms. The molecule has 0 unspecified atom stereocenters. The molecule has 3 rings (SSSR count). The topological polar surface area (TPSA) is 32.5 Å². The van der Waals surface area contributed by atoms with Gasteiger partial charge in [0.05, 0.1) is 0 Å². The van der Waals surface area contributed by atoms with Gasteiger partial charge < -0.3 is 10.6 Å². The van der Waals surface area contributed by atoms with Gasteiger partial charge in [-0.1, -0.05) is 24.3 Å². The van der Waals surface area contributed by atoms with Crippen molar-refractivity contribution in [1.29, 1.82) is 0 Å². The van der Waals surface area contributed by atoms with E-state index < -0.39 is 0 Å². The highest BCUT2D eigenvalue weighted by molar-refractivity contribution is 5.35. The standard InChI is InChI=1S/C16H25N3/c1-18-9-11-19(12-10-18)13-14-5-2-3-6-15(14)16(17)7-4-8-16/h2-3,5-6H,4,7-13,17H2,1H3. The van der Waals surface area contributed by atoms with E-state index in [-0.39, 0.29) is 5.54 Å². The van der Waals surface area contributed by atoms with Gasteiger partial charge >= 0.3 is 0 Å². The van der Waals surface area contributed by atoms with Crippen LogP contribution < -0.4 is 5.73 Å². The van der Waals surface area contributed by atoms with Gasteiger partial charge in [-0.25, -0.2) is 0 Å². The maximum atomic E-state index is 6.53. The molecule has 1 aliphatic heterocycles. The number of rotatable bonds is 3. The molecule has 0 aromatic heterocycles. The van der Waals surface area contributed by atoms with E-state index in [1.54, 1.807) is 0 Å². The SMILES string of the molecule is CN1CCN(Cc2ccccc2C2(N)CCC2)CC1. The molecule has 104 valence electrons. The Balaban J connectivity index is 1.74. The molecule has 1 aromatic rings. The summed E-state index contributed by atoms with van der Waals surface area (Å²) in [7, 11) is 2.20. The molecule has 1 saturated heterocycles. The van der Waals surface area contributed by atoms with Crippen molar-refractivity contribution in [3.05, 3.63) is 35.4 Å². The first-order chi connectivity index (χ1) is 9.17. The molecule has 1 aliphatic carbocycles. The van der Waals surface area contributed by atoms with Gasteiger partial charge in [-0.05, 0) is 37.4 Å². The molecule has 0 spiro atoms. The van der Waals surface area contributed by atoms with E-state index in [0.29, 0.717) is 0 Å². The molecule has 0 radical (unpaired) electrons. The Morgan fingerprint density at radius 2 is 1.79 bits per heavy atom. The van der Waals surface area contributed by atoms with E-state index in [1.165, 1.54) is 43.7 Å². The average Bonchev–Trinajstić information content (AvgIpc) is 2.39. The molecule has 2 fully saturated rings. The molecular formula is C16H25N3. The second-order valence-corrected chi connectivity index (χ2v) is 6.25. The summed E-state index contributed by atoms with van der Waals surface area (Å²) < 4.78 is 0. The Morgan fingerprint density at radius 3 is 2.42 bits per heavy atom. The van der Waals surface area contributed by atoms with Crippen molar-refractivity contribution in [2.45, 2.75) is 31.3 Å². The Bertz CT molecular complexity index is 431. The van der Waals surface area contributed by atoms with Crippen LogP contribution in [0, 0.1) is 0 Å². The predicted molar refractivity (Wildman–Crippen MR) is 78.9 cm³/mol. The lowest BCUT2D eigenvalue weighted by molar-refractivity contribution is 0.146. The van der Waals surface area contributed by atoms with Gasteiger partial charge in [-0.3, -0.25) is 4.90 Å². The van der Waals surface area contributed by atoms with Crippen molar-refractivity contribution in [3.63, 3.8) is 0 Å². The van der Waals surface area contributed by atoms with E-state index >= 15 is 0 Å². The Hall–Kier alpha value is -0.900. The first kappa shape index (κ1) is 13.1. The second kappa shape index (κ2) is 5.23. The van der Waals surface area contributed by atoms with Crippen LogP contribution in [-0.2, 0) is 12.1 Å². The van der Waals surface area contributed by atoms with Crippen LogP contribution in [0.25, 0.3) is 0 Å². The molecular weight excluding hydrogens is 234 g/mol. The molecule has 0 bridgehead atoms. The lowest BCUT2D eigenvalue weighted by Crippen LogP contribution is -2.46. The highest BCUT2D eigenvalue weighted by Crippen LogP contribution is 2.40. The van der Waals surface area contributed by atoms with Crippen LogP contribution in [0.3, 0.4) is 0 Å². The normalized spacial score (nSPS) is 24.1. The summed E-state index contributed by atoms with van der Waals surface area (Å²) in [4.78, 5) is 4.96. The zero-order valence-corrected chi connectivity index (χ0v) is 11.9. The molecule has 1 saturated carbocycles. The van der Waals surface area contributed by atoms with Gasteiger partial charge in [0.15, 0.2) is 0 Å². The van der Waals surface area contributed by atoms with Gasteiger partial charge in [0.25, 0.3) is 0 Å². The quantitative estimate of drug-likeness (QED) is 0.898. The zero-order chi connectivity index (χ0) is 13.3. The number of benzene rings is 1. The van der Waals surface area contributed by atoms with Crippen LogP contribution in [0.15, 0.2) is 24.3 Å². The fourth-order valence-corrected chi connectivity index (χ4v) is 3.22. The maximum Gasteiger partial charge on any atom is 0.0412 e. The lowest BCUT2D eigenvalue weighted by Gasteiger charge is -2.41. The first-order valence-electron chi connectivity index (χ1n) is 7.46. The van der Waals surface area contributed by atoms with E-state index in [1.807, 2.05) is 0 Å². The minimum Gasteiger partial charge on any atom is -0.321 e. The van der Waals surface area contributed by atoms with Crippen LogP contribution in [0.2, 0.25) is 0 Å². The number of nitrogens with two attached hydrogens (primary N) is 1. The highest BCUT2D eigenvalue weighted by Gasteiger charge is 2.36. The lowest BCUT2D eigenvalue weighted by atomic mass is 9.71. The maximum absolute atomic E-state index is 6.53. The van der Waals surface area contributed by atoms with Gasteiger partial charge in [-0.2, -0.15) is 0 Å². The Morgan fingerprint density at radius 1 is 1.11 bits per heavy atom. The number of hydrogen-bond donors (Lipinski definition) is 1. The fourth-order valence-electron chi connectivity index (χ4n) is 3.22. The third-order valence-corrected chi connectivity index (χ3v) is 4.79. The Kier molecular flexibility index (Phi) is 3.61. The largest absolute Gasteiger partial charge is 0.321 e. The third kappa shape index (κ3) is 2.69. The molecule has 2 N–H and O–H groups in total. The highest BCUT2D eigenvalue weighted by atomic mass is 15.2. The summed E-state index contributed by atoms with van der Waals surface area (Å²) in [5.74, 6) is 0. The van der Waals surface area contributed by atoms with Crippen molar-refractivity contribution < 1.29 is 0 Å². The van der Waals surface area contributed by atoms with Crippen LogP contribution in [0.5, 0.6) is 0 Å². The molecule has 1 aromatic carbocycles. The number of likely N-dealkylation sites (N-methyl/N-ethyl adjacent to an activating group) is 1. The van der Waals surface area contributed by atoms with Crippen molar-refractivity contribution in [1.82, 2.24) is 9.80 Å². The van der Waals surface area contributed by atoms with Gasteiger partial charge in [0, 0.05) is 38.3 Å². The van der Waals surface area contributed by atoms with Crippen molar-refractivity contribution >= 4 is 0 Å². The third-order valence-electron chi connectivity index (χ3n) is 4.79. The van der Waals surface area contributed by atoms with Crippen LogP contribution in [0.1, 0.15) is 30.4 Å². The summed E-state index contributed by atoms with van der Waals surface area (Å²) in [6, 6.07) is 8.79. The smallest absolute Gasteiger partial charge is 0.0412 e. The number of hydrogen-bond acceptors (Lipinski definition) is 3. The summed E-state index contributed by atoms with van der Waals surface area (Å²) in [5.41, 5.74) is 9.32. The predicted octanol–water partition coefficient (Wildman–Crippen LogP) is 1.77. The molecule has 0 amide bonds. The molecule has 0 atom stereocenters. The molecule has 3 nitrogen and oxygen atoms in total. The molecule has 3 heteroatoms. The minimum atomic E-state index is -0.0385. The van der Waals surface area contributed by atoms with Crippen LogP contribution in [0.4, 0.5) is 0 Å². The molecule has 1 heterocycles. The van der Waals surface area contributed by atoms with Crippen LogP contribution in [-0.4, -0.2) is 43.0 Å². The van der Waals surface area contributed by atoms with Crippen molar-refractivity contribution in [3.8, 4) is 0 Å². The summed E-state index contributed by atoms with van der Waals surface area (Å²) in [6.07, 6.45) is 3.57. The van der Waals surface area contributed by atoms with Gasteiger partial charge in [0.2, 0.25) is 0 Å². The Labute approximate surface area is 116 Å². The monoisotopic (exact) mass is 259 g/mol. The van der Waals surface area contributed by atoms with Crippen LogP contribution >= 0.6 is 0 Å². The minimum absolute atomic E-state index is 0.0385. The summed E-state index contributed by atoms with van der Waals surface area (Å²) in [6.45, 7) is 5.75. The van der Waals surface area contributed by atoms with E-state index in [9.17, 15) is 0 Å². The van der Waals surface area contributed by atoms with E-state index in [4.69, 9.17) is 5.73 Å². The van der Waals surface area contributed by atoms with Crippen molar-refractivity contribution in [2.75, 3.05) is 33.2 Å². The van der Waals surface area contributed by atoms with E-state index in [0.717, 1.165) is 19.4 Å². The van der Waals surface area contributed by atoms with Gasteiger partial charge in [-0.15, -0.1) is 0 Å². The summed E-state index contributed by atoms with van der Waals surface area (Å²) in [5, 5.41) is 0. The van der Waals surface area contributed by atoms with E-state index in [2.05, 4.69) is 41.1 Å². The van der Waals surface area contributed by atoms with Gasteiger partial charge in [0.1, 0.15) is 0 Å². The molecule has 2 aliphatic rings. The first-order valence-corrected chi connectivity index (χ1v) is 7.46. The second-order valence-electron chi connectivity index (χ2n) is 6.25. The van der Waals surface area contributed by atoms with Crippen molar-refractivity contribution in [2.24, 2.45) is 5.73 Å². The number of piperazine rings is 1. The zero-order valence-electron chi connectivity index (χ0n) is 11.9.